The number of carbonyl (C=O) groups is 2. The molecule has 0 atom stereocenters. The van der Waals surface area contributed by atoms with Gasteiger partial charge in [-0.2, -0.15) is 0 Å². The molecule has 2 N–H and O–H groups in total. The Morgan fingerprint density at radius 3 is 2.15 bits per heavy atom. The number of carboxylic acids is 1. The molecule has 4 heteroatoms. The predicted molar refractivity (Wildman–Crippen MR) is 74.4 cm³/mol. The van der Waals surface area contributed by atoms with Crippen molar-refractivity contribution < 1.29 is 19.8 Å². The van der Waals surface area contributed by atoms with E-state index in [1.165, 1.54) is 12.1 Å². The Hall–Kier alpha value is -2.62. The maximum absolute atomic E-state index is 12.5. The zero-order valence-corrected chi connectivity index (χ0v) is 11.2. The van der Waals surface area contributed by atoms with Crippen molar-refractivity contribution in [1.82, 2.24) is 0 Å². The van der Waals surface area contributed by atoms with E-state index in [1.54, 1.807) is 31.2 Å². The average Bonchev–Trinajstić information content (AvgIpc) is 2.42. The van der Waals surface area contributed by atoms with Gasteiger partial charge in [0.2, 0.25) is 0 Å². The first-order valence-electron chi connectivity index (χ1n) is 6.09. The lowest BCUT2D eigenvalue weighted by molar-refractivity contribution is 0.0692. The fourth-order valence-electron chi connectivity index (χ4n) is 2.15. The summed E-state index contributed by atoms with van der Waals surface area (Å²) in [4.78, 5) is 23.6. The highest BCUT2D eigenvalue weighted by atomic mass is 16.4. The van der Waals surface area contributed by atoms with Crippen molar-refractivity contribution in [2.45, 2.75) is 13.8 Å². The summed E-state index contributed by atoms with van der Waals surface area (Å²) in [6.45, 7) is 3.51. The molecule has 0 aliphatic rings. The van der Waals surface area contributed by atoms with Gasteiger partial charge in [0.25, 0.3) is 0 Å². The van der Waals surface area contributed by atoms with Crippen LogP contribution in [0.5, 0.6) is 5.75 Å². The fourth-order valence-corrected chi connectivity index (χ4v) is 2.15. The molecule has 0 aromatic heterocycles. The monoisotopic (exact) mass is 270 g/mol. The van der Waals surface area contributed by atoms with Crippen molar-refractivity contribution in [3.05, 3.63) is 64.2 Å². The minimum Gasteiger partial charge on any atom is -0.507 e. The second kappa shape index (κ2) is 5.17. The molecule has 0 bridgehead atoms. The van der Waals surface area contributed by atoms with Gasteiger partial charge in [-0.1, -0.05) is 24.3 Å². The third-order valence-corrected chi connectivity index (χ3v) is 3.09. The van der Waals surface area contributed by atoms with Gasteiger partial charge in [-0.15, -0.1) is 0 Å². The Labute approximate surface area is 116 Å². The predicted octanol–water partition coefficient (Wildman–Crippen LogP) is 2.94. The maximum Gasteiger partial charge on any atom is 0.336 e. The Bertz CT molecular complexity index is 702. The van der Waals surface area contributed by atoms with Gasteiger partial charge in [0.15, 0.2) is 5.78 Å². The standard InChI is InChI=1S/C16H14O4/c1-9-7-10(2)14(17)13(8-9)15(18)11-5-3-4-6-12(11)16(19)20/h3-8,17H,1-2H3,(H,19,20). The molecule has 0 aliphatic carbocycles. The van der Waals surface area contributed by atoms with Crippen LogP contribution in [-0.4, -0.2) is 22.0 Å². The topological polar surface area (TPSA) is 74.6 Å². The molecule has 0 saturated heterocycles. The van der Waals surface area contributed by atoms with Crippen molar-refractivity contribution in [2.75, 3.05) is 0 Å². The molecule has 0 fully saturated rings. The maximum atomic E-state index is 12.5. The van der Waals surface area contributed by atoms with Crippen LogP contribution in [0.15, 0.2) is 36.4 Å². The van der Waals surface area contributed by atoms with Crippen LogP contribution in [0, 0.1) is 13.8 Å². The largest absolute Gasteiger partial charge is 0.507 e. The number of hydrogen-bond donors (Lipinski definition) is 2. The zero-order valence-electron chi connectivity index (χ0n) is 11.2. The molecule has 102 valence electrons. The third kappa shape index (κ3) is 2.40. The van der Waals surface area contributed by atoms with Crippen molar-refractivity contribution >= 4 is 11.8 Å². The highest BCUT2D eigenvalue weighted by molar-refractivity contribution is 6.15. The quantitative estimate of drug-likeness (QED) is 0.841. The van der Waals surface area contributed by atoms with E-state index in [4.69, 9.17) is 5.11 Å². The average molecular weight is 270 g/mol. The molecule has 20 heavy (non-hydrogen) atoms. The number of aromatic hydroxyl groups is 1. The molecule has 0 unspecified atom stereocenters. The molecule has 0 amide bonds. The number of aromatic carboxylic acids is 1. The number of phenolic OH excluding ortho intramolecular Hbond substituents is 1. The van der Waals surface area contributed by atoms with Crippen LogP contribution in [0.3, 0.4) is 0 Å². The molecule has 0 aliphatic heterocycles. The van der Waals surface area contributed by atoms with Gasteiger partial charge in [0.05, 0.1) is 11.1 Å². The number of rotatable bonds is 3. The molecule has 0 spiro atoms. The van der Waals surface area contributed by atoms with Gasteiger partial charge in [-0.3, -0.25) is 4.79 Å². The van der Waals surface area contributed by atoms with E-state index in [1.807, 2.05) is 6.92 Å². The summed E-state index contributed by atoms with van der Waals surface area (Å²) >= 11 is 0. The number of benzene rings is 2. The Morgan fingerprint density at radius 1 is 0.950 bits per heavy atom. The van der Waals surface area contributed by atoms with E-state index in [2.05, 4.69) is 0 Å². The second-order valence-corrected chi connectivity index (χ2v) is 4.66. The summed E-state index contributed by atoms with van der Waals surface area (Å²) in [6, 6.07) is 9.29. The first-order valence-corrected chi connectivity index (χ1v) is 6.09. The first kappa shape index (κ1) is 13.8. The van der Waals surface area contributed by atoms with Crippen molar-refractivity contribution in [2.24, 2.45) is 0 Å². The number of phenols is 1. The minimum absolute atomic E-state index is 0.0697. The van der Waals surface area contributed by atoms with E-state index in [0.29, 0.717) is 5.56 Å². The van der Waals surface area contributed by atoms with Crippen LogP contribution < -0.4 is 0 Å². The minimum atomic E-state index is -1.17. The number of ketones is 1. The van der Waals surface area contributed by atoms with Crippen molar-refractivity contribution in [3.8, 4) is 5.75 Å². The lowest BCUT2D eigenvalue weighted by Gasteiger charge is -2.10. The number of aryl methyl sites for hydroxylation is 2. The third-order valence-electron chi connectivity index (χ3n) is 3.09. The summed E-state index contributed by atoms with van der Waals surface area (Å²) in [5, 5.41) is 19.1. The summed E-state index contributed by atoms with van der Waals surface area (Å²) in [5.74, 6) is -1.77. The van der Waals surface area contributed by atoms with Gasteiger partial charge in [-0.05, 0) is 37.1 Å². The van der Waals surface area contributed by atoms with Gasteiger partial charge in [0, 0.05) is 5.56 Å². The van der Waals surface area contributed by atoms with E-state index >= 15 is 0 Å². The van der Waals surface area contributed by atoms with E-state index in [0.717, 1.165) is 5.56 Å². The summed E-state index contributed by atoms with van der Waals surface area (Å²) in [6.07, 6.45) is 0. The Kier molecular flexibility index (Phi) is 3.57. The van der Waals surface area contributed by atoms with E-state index in [9.17, 15) is 14.7 Å². The lowest BCUT2D eigenvalue weighted by atomic mass is 9.95. The van der Waals surface area contributed by atoms with Gasteiger partial charge >= 0.3 is 5.97 Å². The van der Waals surface area contributed by atoms with Crippen LogP contribution in [-0.2, 0) is 0 Å². The van der Waals surface area contributed by atoms with Crippen LogP contribution in [0.25, 0.3) is 0 Å². The van der Waals surface area contributed by atoms with Gasteiger partial charge < -0.3 is 10.2 Å². The summed E-state index contributed by atoms with van der Waals surface area (Å²) in [7, 11) is 0. The summed E-state index contributed by atoms with van der Waals surface area (Å²) in [5.41, 5.74) is 1.53. The normalized spacial score (nSPS) is 10.3. The molecule has 2 aromatic carbocycles. The number of carbonyl (C=O) groups excluding carboxylic acids is 1. The number of carboxylic acid groups (broad SMARTS) is 1. The molecule has 0 radical (unpaired) electrons. The molecule has 0 saturated carbocycles. The molecule has 0 heterocycles. The van der Waals surface area contributed by atoms with Gasteiger partial charge in [0.1, 0.15) is 5.75 Å². The van der Waals surface area contributed by atoms with Crippen LogP contribution >= 0.6 is 0 Å². The van der Waals surface area contributed by atoms with Crippen LogP contribution in [0.1, 0.15) is 37.4 Å². The molecule has 2 rings (SSSR count). The first-order chi connectivity index (χ1) is 9.41. The molecule has 2 aromatic rings. The highest BCUT2D eigenvalue weighted by Crippen LogP contribution is 2.27. The SMILES string of the molecule is Cc1cc(C)c(O)c(C(=O)c2ccccc2C(=O)O)c1. The van der Waals surface area contributed by atoms with Crippen LogP contribution in [0.4, 0.5) is 0 Å². The second-order valence-electron chi connectivity index (χ2n) is 4.66. The molecular weight excluding hydrogens is 256 g/mol. The van der Waals surface area contributed by atoms with Crippen molar-refractivity contribution in [3.63, 3.8) is 0 Å². The van der Waals surface area contributed by atoms with Crippen molar-refractivity contribution in [1.29, 1.82) is 0 Å². The molecular formula is C16H14O4. The Balaban J connectivity index is 2.61. The zero-order chi connectivity index (χ0) is 14.9. The molecule has 4 nitrogen and oxygen atoms in total. The van der Waals surface area contributed by atoms with E-state index in [-0.39, 0.29) is 22.4 Å². The highest BCUT2D eigenvalue weighted by Gasteiger charge is 2.20. The number of hydrogen-bond acceptors (Lipinski definition) is 3. The van der Waals surface area contributed by atoms with E-state index < -0.39 is 11.8 Å². The summed E-state index contributed by atoms with van der Waals surface area (Å²) < 4.78 is 0. The van der Waals surface area contributed by atoms with Crippen LogP contribution in [0.2, 0.25) is 0 Å². The lowest BCUT2D eigenvalue weighted by Crippen LogP contribution is -2.10. The Morgan fingerprint density at radius 2 is 1.55 bits per heavy atom. The fraction of sp³-hybridized carbons (Fsp3) is 0.125. The smallest absolute Gasteiger partial charge is 0.336 e. The van der Waals surface area contributed by atoms with Gasteiger partial charge in [-0.25, -0.2) is 4.79 Å².